The summed E-state index contributed by atoms with van der Waals surface area (Å²) in [5.74, 6) is -0.401. The third-order valence-corrected chi connectivity index (χ3v) is 2.71. The standard InChI is InChI=1S/C13H14FNO2/c1-4-8-5-6-10-9(12(8)14)7-11(17-10)13(16)15(2)3/h5-7H,4H2,1-3H3. The van der Waals surface area contributed by atoms with E-state index < -0.39 is 0 Å². The van der Waals surface area contributed by atoms with E-state index >= 15 is 0 Å². The molecule has 0 atom stereocenters. The van der Waals surface area contributed by atoms with Gasteiger partial charge in [-0.3, -0.25) is 4.79 Å². The van der Waals surface area contributed by atoms with E-state index in [0.29, 0.717) is 23.0 Å². The number of nitrogens with zero attached hydrogens (tertiary/aromatic N) is 1. The minimum atomic E-state index is -0.299. The van der Waals surface area contributed by atoms with Crippen LogP contribution in [0.15, 0.2) is 22.6 Å². The number of rotatable bonds is 2. The Kier molecular flexibility index (Phi) is 2.88. The summed E-state index contributed by atoms with van der Waals surface area (Å²) in [6.07, 6.45) is 0.615. The second-order valence-electron chi connectivity index (χ2n) is 4.11. The normalized spacial score (nSPS) is 10.8. The van der Waals surface area contributed by atoms with Gasteiger partial charge >= 0.3 is 0 Å². The first-order valence-electron chi connectivity index (χ1n) is 5.47. The molecule has 0 bridgehead atoms. The maximum Gasteiger partial charge on any atom is 0.289 e. The third-order valence-electron chi connectivity index (χ3n) is 2.71. The van der Waals surface area contributed by atoms with Crippen molar-refractivity contribution in [1.82, 2.24) is 4.90 Å². The largest absolute Gasteiger partial charge is 0.451 e. The average molecular weight is 235 g/mol. The smallest absolute Gasteiger partial charge is 0.289 e. The molecular weight excluding hydrogens is 221 g/mol. The Morgan fingerprint density at radius 1 is 1.41 bits per heavy atom. The minimum absolute atomic E-state index is 0.164. The molecule has 1 aromatic heterocycles. The van der Waals surface area contributed by atoms with E-state index in [2.05, 4.69) is 0 Å². The van der Waals surface area contributed by atoms with Crippen LogP contribution in [0.3, 0.4) is 0 Å². The summed E-state index contributed by atoms with van der Waals surface area (Å²) in [6.45, 7) is 1.89. The highest BCUT2D eigenvalue weighted by Crippen LogP contribution is 2.25. The number of hydrogen-bond donors (Lipinski definition) is 0. The molecule has 90 valence electrons. The van der Waals surface area contributed by atoms with Gasteiger partial charge in [0.05, 0.1) is 5.39 Å². The van der Waals surface area contributed by atoms with Gasteiger partial charge in [-0.15, -0.1) is 0 Å². The van der Waals surface area contributed by atoms with Gasteiger partial charge in [-0.05, 0) is 18.1 Å². The number of benzene rings is 1. The van der Waals surface area contributed by atoms with E-state index in [1.165, 1.54) is 11.0 Å². The number of aryl methyl sites for hydroxylation is 1. The average Bonchev–Trinajstić information content (AvgIpc) is 2.73. The van der Waals surface area contributed by atoms with E-state index in [1.807, 2.05) is 6.92 Å². The topological polar surface area (TPSA) is 33.5 Å². The van der Waals surface area contributed by atoms with Crippen LogP contribution in [0.4, 0.5) is 4.39 Å². The summed E-state index contributed by atoms with van der Waals surface area (Å²) < 4.78 is 19.3. The van der Waals surface area contributed by atoms with Crippen molar-refractivity contribution < 1.29 is 13.6 Å². The Morgan fingerprint density at radius 2 is 2.12 bits per heavy atom. The highest BCUT2D eigenvalue weighted by molar-refractivity contribution is 5.96. The van der Waals surface area contributed by atoms with Crippen molar-refractivity contribution in [2.24, 2.45) is 0 Å². The summed E-state index contributed by atoms with van der Waals surface area (Å²) >= 11 is 0. The van der Waals surface area contributed by atoms with E-state index in [0.717, 1.165) is 0 Å². The maximum absolute atomic E-state index is 14.0. The van der Waals surface area contributed by atoms with Crippen molar-refractivity contribution in [2.75, 3.05) is 14.1 Å². The van der Waals surface area contributed by atoms with Gasteiger partial charge in [0.25, 0.3) is 5.91 Å². The van der Waals surface area contributed by atoms with Crippen molar-refractivity contribution in [2.45, 2.75) is 13.3 Å². The van der Waals surface area contributed by atoms with Gasteiger partial charge in [-0.1, -0.05) is 13.0 Å². The fourth-order valence-corrected chi connectivity index (χ4v) is 1.72. The van der Waals surface area contributed by atoms with E-state index in [-0.39, 0.29) is 17.5 Å². The summed E-state index contributed by atoms with van der Waals surface area (Å²) in [5.41, 5.74) is 1.03. The zero-order valence-corrected chi connectivity index (χ0v) is 10.1. The molecule has 17 heavy (non-hydrogen) atoms. The van der Waals surface area contributed by atoms with Crippen LogP contribution < -0.4 is 0 Å². The summed E-state index contributed by atoms with van der Waals surface area (Å²) in [4.78, 5) is 13.1. The SMILES string of the molecule is CCc1ccc2oc(C(=O)N(C)C)cc2c1F. The van der Waals surface area contributed by atoms with Crippen LogP contribution >= 0.6 is 0 Å². The van der Waals surface area contributed by atoms with Crippen LogP contribution in [-0.2, 0) is 6.42 Å². The summed E-state index contributed by atoms with van der Waals surface area (Å²) in [7, 11) is 3.26. The van der Waals surface area contributed by atoms with Crippen molar-refractivity contribution in [3.05, 3.63) is 35.3 Å². The van der Waals surface area contributed by atoms with Crippen LogP contribution in [0.5, 0.6) is 0 Å². The Labute approximate surface area is 98.8 Å². The lowest BCUT2D eigenvalue weighted by atomic mass is 10.1. The fourth-order valence-electron chi connectivity index (χ4n) is 1.72. The number of hydrogen-bond acceptors (Lipinski definition) is 2. The molecule has 4 heteroatoms. The van der Waals surface area contributed by atoms with Crippen LogP contribution in [0.25, 0.3) is 11.0 Å². The second kappa shape index (κ2) is 4.20. The first kappa shape index (κ1) is 11.6. The lowest BCUT2D eigenvalue weighted by molar-refractivity contribution is 0.0799. The third kappa shape index (κ3) is 1.90. The van der Waals surface area contributed by atoms with Crippen molar-refractivity contribution in [1.29, 1.82) is 0 Å². The van der Waals surface area contributed by atoms with Gasteiger partial charge in [-0.25, -0.2) is 4.39 Å². The van der Waals surface area contributed by atoms with Gasteiger partial charge in [0.15, 0.2) is 5.76 Å². The quantitative estimate of drug-likeness (QED) is 0.802. The van der Waals surface area contributed by atoms with Crippen molar-refractivity contribution >= 4 is 16.9 Å². The lowest BCUT2D eigenvalue weighted by Gasteiger charge is -2.06. The molecule has 1 amide bonds. The summed E-state index contributed by atoms with van der Waals surface area (Å²) in [6, 6.07) is 4.85. The molecule has 0 fully saturated rings. The number of furan rings is 1. The number of carbonyl (C=O) groups is 1. The molecule has 0 aliphatic heterocycles. The molecule has 0 aliphatic rings. The van der Waals surface area contributed by atoms with Crippen LogP contribution in [0.1, 0.15) is 23.0 Å². The van der Waals surface area contributed by atoms with Crippen LogP contribution in [0.2, 0.25) is 0 Å². The van der Waals surface area contributed by atoms with Crippen LogP contribution in [0, 0.1) is 5.82 Å². The highest BCUT2D eigenvalue weighted by atomic mass is 19.1. The van der Waals surface area contributed by atoms with E-state index in [4.69, 9.17) is 4.42 Å². The number of amides is 1. The number of halogens is 1. The Hall–Kier alpha value is -1.84. The first-order chi connectivity index (χ1) is 8.04. The van der Waals surface area contributed by atoms with Gasteiger partial charge in [0.2, 0.25) is 0 Å². The fraction of sp³-hybridized carbons (Fsp3) is 0.308. The molecule has 3 nitrogen and oxygen atoms in total. The Balaban J connectivity index is 2.58. The molecular formula is C13H14FNO2. The van der Waals surface area contributed by atoms with E-state index in [1.54, 1.807) is 26.2 Å². The molecule has 0 aliphatic carbocycles. The molecule has 0 spiro atoms. The molecule has 0 radical (unpaired) electrons. The van der Waals surface area contributed by atoms with Crippen molar-refractivity contribution in [3.8, 4) is 0 Å². The Bertz CT molecular complexity index is 572. The monoisotopic (exact) mass is 235 g/mol. The zero-order chi connectivity index (χ0) is 12.6. The van der Waals surface area contributed by atoms with Gasteiger partial charge in [0.1, 0.15) is 11.4 Å². The van der Waals surface area contributed by atoms with E-state index in [9.17, 15) is 9.18 Å². The van der Waals surface area contributed by atoms with Gasteiger partial charge in [0, 0.05) is 20.2 Å². The molecule has 0 saturated carbocycles. The molecule has 0 N–H and O–H groups in total. The molecule has 1 heterocycles. The number of carbonyl (C=O) groups excluding carboxylic acids is 1. The highest BCUT2D eigenvalue weighted by Gasteiger charge is 2.17. The molecule has 2 aromatic rings. The zero-order valence-electron chi connectivity index (χ0n) is 10.1. The lowest BCUT2D eigenvalue weighted by Crippen LogP contribution is -2.20. The second-order valence-corrected chi connectivity index (χ2v) is 4.11. The molecule has 0 unspecified atom stereocenters. The Morgan fingerprint density at radius 3 is 2.71 bits per heavy atom. The van der Waals surface area contributed by atoms with Crippen LogP contribution in [-0.4, -0.2) is 24.9 Å². The maximum atomic E-state index is 14.0. The summed E-state index contributed by atoms with van der Waals surface area (Å²) in [5, 5.41) is 0.370. The minimum Gasteiger partial charge on any atom is -0.451 e. The predicted molar refractivity (Wildman–Crippen MR) is 63.6 cm³/mol. The predicted octanol–water partition coefficient (Wildman–Crippen LogP) is 2.84. The van der Waals surface area contributed by atoms with Gasteiger partial charge < -0.3 is 9.32 Å². The van der Waals surface area contributed by atoms with Crippen molar-refractivity contribution in [3.63, 3.8) is 0 Å². The molecule has 1 aromatic carbocycles. The molecule has 2 rings (SSSR count). The van der Waals surface area contributed by atoms with Gasteiger partial charge in [-0.2, -0.15) is 0 Å². The molecule has 0 saturated heterocycles. The number of fused-ring (bicyclic) bond motifs is 1. The first-order valence-corrected chi connectivity index (χ1v) is 5.47.